The SMILES string of the molecule is Cc1cc2cc(-c3oc4ccc(C)c(C(C)O)c4c(=O)c3C)ccc2[nH]1. The molecule has 2 heterocycles. The molecule has 1 unspecified atom stereocenters. The average Bonchev–Trinajstić information content (AvgIpc) is 2.97. The molecule has 4 aromatic rings. The van der Waals surface area contributed by atoms with Crippen LogP contribution in [-0.2, 0) is 0 Å². The van der Waals surface area contributed by atoms with Gasteiger partial charge in [0.25, 0.3) is 0 Å². The van der Waals surface area contributed by atoms with Crippen molar-refractivity contribution in [1.82, 2.24) is 4.98 Å². The van der Waals surface area contributed by atoms with E-state index in [1.54, 1.807) is 19.9 Å². The van der Waals surface area contributed by atoms with Crippen LogP contribution in [0, 0.1) is 20.8 Å². The minimum atomic E-state index is -0.731. The molecule has 0 aliphatic heterocycles. The first kappa shape index (κ1) is 16.6. The van der Waals surface area contributed by atoms with Crippen molar-refractivity contribution in [3.8, 4) is 11.3 Å². The van der Waals surface area contributed by atoms with Crippen molar-refractivity contribution in [2.24, 2.45) is 0 Å². The van der Waals surface area contributed by atoms with Crippen LogP contribution >= 0.6 is 0 Å². The number of benzene rings is 2. The Balaban J connectivity index is 2.03. The fourth-order valence-corrected chi connectivity index (χ4v) is 3.73. The first-order valence-electron chi connectivity index (χ1n) is 8.71. The van der Waals surface area contributed by atoms with Crippen LogP contribution in [0.1, 0.15) is 35.4 Å². The summed E-state index contributed by atoms with van der Waals surface area (Å²) in [6.07, 6.45) is -0.731. The minimum absolute atomic E-state index is 0.0915. The lowest BCUT2D eigenvalue weighted by Gasteiger charge is -2.14. The van der Waals surface area contributed by atoms with Gasteiger partial charge in [-0.15, -0.1) is 0 Å². The lowest BCUT2D eigenvalue weighted by atomic mass is 9.96. The molecule has 4 nitrogen and oxygen atoms in total. The predicted molar refractivity (Wildman–Crippen MR) is 105 cm³/mol. The highest BCUT2D eigenvalue weighted by Gasteiger charge is 2.19. The third-order valence-electron chi connectivity index (χ3n) is 4.98. The van der Waals surface area contributed by atoms with Gasteiger partial charge in [0.1, 0.15) is 11.3 Å². The first-order valence-corrected chi connectivity index (χ1v) is 8.71. The lowest BCUT2D eigenvalue weighted by Crippen LogP contribution is -2.12. The molecule has 0 saturated carbocycles. The zero-order chi connectivity index (χ0) is 18.6. The van der Waals surface area contributed by atoms with Crippen molar-refractivity contribution < 1.29 is 9.52 Å². The summed E-state index contributed by atoms with van der Waals surface area (Å²) in [6, 6.07) is 11.7. The van der Waals surface area contributed by atoms with E-state index in [1.807, 2.05) is 38.1 Å². The van der Waals surface area contributed by atoms with Gasteiger partial charge >= 0.3 is 0 Å². The smallest absolute Gasteiger partial charge is 0.196 e. The zero-order valence-electron chi connectivity index (χ0n) is 15.3. The third kappa shape index (κ3) is 2.45. The quantitative estimate of drug-likeness (QED) is 0.541. The van der Waals surface area contributed by atoms with Crippen LogP contribution < -0.4 is 5.43 Å². The molecule has 2 N–H and O–H groups in total. The number of nitrogens with one attached hydrogen (secondary N) is 1. The van der Waals surface area contributed by atoms with Gasteiger partial charge in [0, 0.05) is 27.7 Å². The monoisotopic (exact) mass is 347 g/mol. The normalized spacial score (nSPS) is 12.8. The van der Waals surface area contributed by atoms with Crippen LogP contribution in [0.15, 0.2) is 45.6 Å². The minimum Gasteiger partial charge on any atom is -0.456 e. The number of aliphatic hydroxyl groups is 1. The molecule has 0 spiro atoms. The number of aromatic nitrogens is 1. The predicted octanol–water partition coefficient (Wildman–Crippen LogP) is 4.92. The fourth-order valence-electron chi connectivity index (χ4n) is 3.73. The summed E-state index contributed by atoms with van der Waals surface area (Å²) < 4.78 is 6.14. The van der Waals surface area contributed by atoms with Crippen LogP contribution in [0.4, 0.5) is 0 Å². The maximum absolute atomic E-state index is 13.1. The molecule has 0 radical (unpaired) electrons. The highest BCUT2D eigenvalue weighted by Crippen LogP contribution is 2.32. The Bertz CT molecular complexity index is 1210. The summed E-state index contributed by atoms with van der Waals surface area (Å²) in [5.41, 5.74) is 5.50. The van der Waals surface area contributed by atoms with Gasteiger partial charge < -0.3 is 14.5 Å². The van der Waals surface area contributed by atoms with E-state index >= 15 is 0 Å². The third-order valence-corrected chi connectivity index (χ3v) is 4.98. The maximum Gasteiger partial charge on any atom is 0.196 e. The molecule has 0 fully saturated rings. The Morgan fingerprint density at radius 1 is 1.08 bits per heavy atom. The van der Waals surface area contributed by atoms with Crippen LogP contribution in [0.5, 0.6) is 0 Å². The Hall–Kier alpha value is -2.85. The number of rotatable bonds is 2. The molecule has 4 heteroatoms. The van der Waals surface area contributed by atoms with Gasteiger partial charge in [-0.2, -0.15) is 0 Å². The molecular weight excluding hydrogens is 326 g/mol. The maximum atomic E-state index is 13.1. The molecule has 26 heavy (non-hydrogen) atoms. The van der Waals surface area contributed by atoms with Crippen molar-refractivity contribution in [1.29, 1.82) is 0 Å². The van der Waals surface area contributed by atoms with Crippen molar-refractivity contribution in [2.45, 2.75) is 33.8 Å². The fraction of sp³-hybridized carbons (Fsp3) is 0.227. The first-order chi connectivity index (χ1) is 12.4. The molecule has 0 bridgehead atoms. The summed E-state index contributed by atoms with van der Waals surface area (Å²) in [4.78, 5) is 16.4. The highest BCUT2D eigenvalue weighted by atomic mass is 16.3. The highest BCUT2D eigenvalue weighted by molar-refractivity contribution is 5.88. The van der Waals surface area contributed by atoms with Gasteiger partial charge in [0.2, 0.25) is 0 Å². The van der Waals surface area contributed by atoms with E-state index in [-0.39, 0.29) is 5.43 Å². The van der Waals surface area contributed by atoms with Gasteiger partial charge in [-0.3, -0.25) is 4.79 Å². The second-order valence-corrected chi connectivity index (χ2v) is 6.98. The second-order valence-electron chi connectivity index (χ2n) is 6.98. The van der Waals surface area contributed by atoms with Crippen molar-refractivity contribution in [3.63, 3.8) is 0 Å². The summed E-state index contributed by atoms with van der Waals surface area (Å²) in [7, 11) is 0. The summed E-state index contributed by atoms with van der Waals surface area (Å²) in [5.74, 6) is 0.573. The van der Waals surface area contributed by atoms with Crippen molar-refractivity contribution in [2.75, 3.05) is 0 Å². The van der Waals surface area contributed by atoms with E-state index in [0.717, 1.165) is 27.7 Å². The van der Waals surface area contributed by atoms with Crippen LogP contribution in [-0.4, -0.2) is 10.1 Å². The number of fused-ring (bicyclic) bond motifs is 2. The van der Waals surface area contributed by atoms with Gasteiger partial charge in [-0.1, -0.05) is 6.07 Å². The van der Waals surface area contributed by atoms with Crippen LogP contribution in [0.25, 0.3) is 33.2 Å². The number of hydrogen-bond donors (Lipinski definition) is 2. The van der Waals surface area contributed by atoms with Crippen LogP contribution in [0.2, 0.25) is 0 Å². The molecule has 0 saturated heterocycles. The van der Waals surface area contributed by atoms with E-state index in [1.165, 1.54) is 0 Å². The summed E-state index contributed by atoms with van der Waals surface area (Å²) in [6.45, 7) is 7.36. The number of aryl methyl sites for hydroxylation is 2. The molecule has 4 rings (SSSR count). The molecule has 1 atom stereocenters. The standard InChI is InChI=1S/C22H21NO3/c1-11-5-8-18-20(19(11)14(4)24)21(25)13(3)22(26-18)15-6-7-17-16(10-15)9-12(2)23-17/h5-10,14,23-24H,1-4H3. The van der Waals surface area contributed by atoms with E-state index in [0.29, 0.717) is 27.9 Å². The van der Waals surface area contributed by atoms with E-state index in [4.69, 9.17) is 4.42 Å². The second kappa shape index (κ2) is 5.85. The number of aromatic amines is 1. The molecule has 2 aromatic carbocycles. The lowest BCUT2D eigenvalue weighted by molar-refractivity contribution is 0.200. The molecular formula is C22H21NO3. The van der Waals surface area contributed by atoms with Gasteiger partial charge in [-0.25, -0.2) is 0 Å². The molecule has 132 valence electrons. The topological polar surface area (TPSA) is 66.2 Å². The van der Waals surface area contributed by atoms with Crippen molar-refractivity contribution >= 4 is 21.9 Å². The Morgan fingerprint density at radius 3 is 2.58 bits per heavy atom. The van der Waals surface area contributed by atoms with Gasteiger partial charge in [0.15, 0.2) is 5.43 Å². The largest absolute Gasteiger partial charge is 0.456 e. The summed E-state index contributed by atoms with van der Waals surface area (Å²) >= 11 is 0. The molecule has 0 amide bonds. The average molecular weight is 347 g/mol. The Morgan fingerprint density at radius 2 is 1.85 bits per heavy atom. The number of aliphatic hydroxyl groups excluding tert-OH is 1. The van der Waals surface area contributed by atoms with Gasteiger partial charge in [-0.05, 0) is 69.2 Å². The molecule has 2 aromatic heterocycles. The number of H-pyrrole nitrogens is 1. The van der Waals surface area contributed by atoms with E-state index in [2.05, 4.69) is 11.1 Å². The molecule has 0 aliphatic carbocycles. The van der Waals surface area contributed by atoms with Crippen molar-refractivity contribution in [3.05, 3.63) is 69.0 Å². The zero-order valence-corrected chi connectivity index (χ0v) is 15.3. The Labute approximate surface area is 151 Å². The molecule has 0 aliphatic rings. The summed E-state index contributed by atoms with van der Waals surface area (Å²) in [5, 5.41) is 11.7. The van der Waals surface area contributed by atoms with E-state index in [9.17, 15) is 9.90 Å². The van der Waals surface area contributed by atoms with Crippen LogP contribution in [0.3, 0.4) is 0 Å². The van der Waals surface area contributed by atoms with E-state index < -0.39 is 6.10 Å². The Kier molecular flexibility index (Phi) is 3.74. The van der Waals surface area contributed by atoms with Gasteiger partial charge in [0.05, 0.1) is 11.5 Å². The number of hydrogen-bond acceptors (Lipinski definition) is 3.